The molecule has 3 rings (SSSR count). The Kier molecular flexibility index (Phi) is 4.66. The molecule has 1 heterocycles. The number of carbonyl (C=O) groups is 1. The van der Waals surface area contributed by atoms with Crippen LogP contribution in [0.5, 0.6) is 11.5 Å². The van der Waals surface area contributed by atoms with Crippen LogP contribution >= 0.6 is 12.2 Å². The van der Waals surface area contributed by atoms with Crippen LogP contribution in [0.2, 0.25) is 0 Å². The summed E-state index contributed by atoms with van der Waals surface area (Å²) < 4.78 is 10.5. The van der Waals surface area contributed by atoms with E-state index in [0.29, 0.717) is 23.0 Å². The third-order valence-electron chi connectivity index (χ3n) is 3.69. The number of fused-ring (bicyclic) bond motifs is 1. The van der Waals surface area contributed by atoms with Crippen molar-refractivity contribution in [1.29, 1.82) is 0 Å². The number of para-hydroxylation sites is 1. The first-order valence-corrected chi connectivity index (χ1v) is 8.06. The highest BCUT2D eigenvalue weighted by atomic mass is 32.1. The maximum absolute atomic E-state index is 12.3. The highest BCUT2D eigenvalue weighted by Crippen LogP contribution is 2.32. The molecular formula is C18H18N2O3S. The van der Waals surface area contributed by atoms with Gasteiger partial charge >= 0.3 is 0 Å². The molecule has 124 valence electrons. The predicted octanol–water partition coefficient (Wildman–Crippen LogP) is 3.67. The van der Waals surface area contributed by atoms with Crippen molar-refractivity contribution >= 4 is 28.9 Å². The Bertz CT molecular complexity index is 790. The molecule has 2 aromatic carbocycles. The zero-order valence-electron chi connectivity index (χ0n) is 13.5. The molecule has 0 unspecified atom stereocenters. The van der Waals surface area contributed by atoms with E-state index >= 15 is 0 Å². The molecular weight excluding hydrogens is 324 g/mol. The van der Waals surface area contributed by atoms with Crippen molar-refractivity contribution in [3.8, 4) is 11.5 Å². The number of nitrogens with one attached hydrogen (secondary N) is 2. The number of benzene rings is 2. The van der Waals surface area contributed by atoms with E-state index in [2.05, 4.69) is 24.5 Å². The molecule has 0 saturated heterocycles. The summed E-state index contributed by atoms with van der Waals surface area (Å²) in [6.07, 6.45) is 0. The van der Waals surface area contributed by atoms with Crippen molar-refractivity contribution in [2.75, 3.05) is 12.1 Å². The molecule has 1 aliphatic heterocycles. The highest BCUT2D eigenvalue weighted by Gasteiger charge is 2.17. The van der Waals surface area contributed by atoms with Crippen LogP contribution in [0, 0.1) is 0 Å². The second-order valence-electron chi connectivity index (χ2n) is 5.72. The van der Waals surface area contributed by atoms with Crippen molar-refractivity contribution < 1.29 is 14.3 Å². The lowest BCUT2D eigenvalue weighted by molar-refractivity contribution is 0.0977. The number of ether oxygens (including phenoxy) is 2. The Labute approximate surface area is 146 Å². The lowest BCUT2D eigenvalue weighted by atomic mass is 10.0. The van der Waals surface area contributed by atoms with Gasteiger partial charge in [-0.15, -0.1) is 0 Å². The molecule has 2 N–H and O–H groups in total. The van der Waals surface area contributed by atoms with Gasteiger partial charge in [-0.3, -0.25) is 10.1 Å². The summed E-state index contributed by atoms with van der Waals surface area (Å²) in [6, 6.07) is 12.9. The first-order chi connectivity index (χ1) is 11.5. The molecule has 0 saturated carbocycles. The second kappa shape index (κ2) is 6.88. The molecule has 6 heteroatoms. The van der Waals surface area contributed by atoms with Gasteiger partial charge in [0.05, 0.1) is 0 Å². The zero-order valence-corrected chi connectivity index (χ0v) is 14.3. The maximum atomic E-state index is 12.3. The van der Waals surface area contributed by atoms with Gasteiger partial charge < -0.3 is 14.8 Å². The molecule has 0 radical (unpaired) electrons. The first kappa shape index (κ1) is 16.3. The van der Waals surface area contributed by atoms with E-state index in [4.69, 9.17) is 21.7 Å². The predicted molar refractivity (Wildman–Crippen MR) is 96.8 cm³/mol. The standard InChI is InChI=1S/C18H18N2O3S/c1-11(2)13-5-3-4-6-14(13)19-18(24)20-17(21)12-7-8-15-16(9-12)23-10-22-15/h3-9,11H,10H2,1-2H3,(H2,19,20,21,24). The van der Waals surface area contributed by atoms with Gasteiger partial charge in [-0.25, -0.2) is 0 Å². The minimum atomic E-state index is -0.298. The molecule has 0 fully saturated rings. The Morgan fingerprint density at radius 2 is 1.88 bits per heavy atom. The van der Waals surface area contributed by atoms with Gasteiger partial charge in [0, 0.05) is 11.3 Å². The largest absolute Gasteiger partial charge is 0.454 e. The Hall–Kier alpha value is -2.60. The van der Waals surface area contributed by atoms with Crippen LogP contribution in [0.3, 0.4) is 0 Å². The minimum Gasteiger partial charge on any atom is -0.454 e. The molecule has 24 heavy (non-hydrogen) atoms. The summed E-state index contributed by atoms with van der Waals surface area (Å²) in [5.74, 6) is 1.25. The van der Waals surface area contributed by atoms with E-state index < -0.39 is 0 Å². The SMILES string of the molecule is CC(C)c1ccccc1NC(=S)NC(=O)c1ccc2c(c1)OCO2. The summed E-state index contributed by atoms with van der Waals surface area (Å²) in [6.45, 7) is 4.38. The minimum absolute atomic E-state index is 0.173. The normalized spacial score (nSPS) is 12.1. The number of carbonyl (C=O) groups excluding carboxylic acids is 1. The van der Waals surface area contributed by atoms with Crippen LogP contribution in [0.15, 0.2) is 42.5 Å². The lowest BCUT2D eigenvalue weighted by Crippen LogP contribution is -2.34. The maximum Gasteiger partial charge on any atom is 0.257 e. The Balaban J connectivity index is 1.68. The van der Waals surface area contributed by atoms with Crippen LogP contribution in [-0.2, 0) is 0 Å². The summed E-state index contributed by atoms with van der Waals surface area (Å²) in [7, 11) is 0. The second-order valence-corrected chi connectivity index (χ2v) is 6.13. The molecule has 0 aliphatic carbocycles. The van der Waals surface area contributed by atoms with Crippen molar-refractivity contribution in [1.82, 2.24) is 5.32 Å². The van der Waals surface area contributed by atoms with Gasteiger partial charge in [0.15, 0.2) is 16.6 Å². The fourth-order valence-corrected chi connectivity index (χ4v) is 2.68. The van der Waals surface area contributed by atoms with Crippen molar-refractivity contribution in [3.63, 3.8) is 0 Å². The highest BCUT2D eigenvalue weighted by molar-refractivity contribution is 7.80. The summed E-state index contributed by atoms with van der Waals surface area (Å²) in [4.78, 5) is 12.3. The molecule has 0 aromatic heterocycles. The molecule has 0 spiro atoms. The fraction of sp³-hybridized carbons (Fsp3) is 0.222. The zero-order chi connectivity index (χ0) is 17.1. The fourth-order valence-electron chi connectivity index (χ4n) is 2.48. The third kappa shape index (κ3) is 3.49. The quantitative estimate of drug-likeness (QED) is 0.834. The monoisotopic (exact) mass is 342 g/mol. The average molecular weight is 342 g/mol. The number of anilines is 1. The average Bonchev–Trinajstić information content (AvgIpc) is 3.02. The third-order valence-corrected chi connectivity index (χ3v) is 3.90. The number of hydrogen-bond donors (Lipinski definition) is 2. The van der Waals surface area contributed by atoms with Crippen molar-refractivity contribution in [2.45, 2.75) is 19.8 Å². The van der Waals surface area contributed by atoms with Gasteiger partial charge in [-0.2, -0.15) is 0 Å². The topological polar surface area (TPSA) is 59.6 Å². The van der Waals surface area contributed by atoms with Gasteiger partial charge in [0.1, 0.15) is 0 Å². The van der Waals surface area contributed by atoms with E-state index in [-0.39, 0.29) is 17.8 Å². The van der Waals surface area contributed by atoms with Crippen molar-refractivity contribution in [3.05, 3.63) is 53.6 Å². The number of amides is 1. The number of rotatable bonds is 3. The summed E-state index contributed by atoms with van der Waals surface area (Å²) >= 11 is 5.26. The van der Waals surface area contributed by atoms with Gasteiger partial charge in [0.25, 0.3) is 5.91 Å². The first-order valence-electron chi connectivity index (χ1n) is 7.65. The van der Waals surface area contributed by atoms with E-state index in [0.717, 1.165) is 11.3 Å². The molecule has 1 aliphatic rings. The van der Waals surface area contributed by atoms with E-state index in [1.54, 1.807) is 18.2 Å². The van der Waals surface area contributed by atoms with E-state index in [9.17, 15) is 4.79 Å². The van der Waals surface area contributed by atoms with Crippen molar-refractivity contribution in [2.24, 2.45) is 0 Å². The molecule has 2 aromatic rings. The molecule has 0 atom stereocenters. The smallest absolute Gasteiger partial charge is 0.257 e. The number of hydrogen-bond acceptors (Lipinski definition) is 4. The molecule has 1 amide bonds. The van der Waals surface area contributed by atoms with Crippen LogP contribution in [0.1, 0.15) is 35.7 Å². The van der Waals surface area contributed by atoms with E-state index in [1.165, 1.54) is 0 Å². The molecule has 5 nitrogen and oxygen atoms in total. The lowest BCUT2D eigenvalue weighted by Gasteiger charge is -2.15. The van der Waals surface area contributed by atoms with Crippen LogP contribution in [-0.4, -0.2) is 17.8 Å². The van der Waals surface area contributed by atoms with E-state index in [1.807, 2.05) is 24.3 Å². The summed E-state index contributed by atoms with van der Waals surface area (Å²) in [5.41, 5.74) is 2.49. The van der Waals surface area contributed by atoms with Gasteiger partial charge in [-0.05, 0) is 48.0 Å². The number of thiocarbonyl (C=S) groups is 1. The Morgan fingerprint density at radius 1 is 1.12 bits per heavy atom. The van der Waals surface area contributed by atoms with Crippen LogP contribution in [0.25, 0.3) is 0 Å². The summed E-state index contributed by atoms with van der Waals surface area (Å²) in [5, 5.41) is 6.03. The van der Waals surface area contributed by atoms with Gasteiger partial charge in [0.2, 0.25) is 6.79 Å². The van der Waals surface area contributed by atoms with Crippen LogP contribution < -0.4 is 20.1 Å². The van der Waals surface area contributed by atoms with Gasteiger partial charge in [-0.1, -0.05) is 32.0 Å². The van der Waals surface area contributed by atoms with Crippen LogP contribution in [0.4, 0.5) is 5.69 Å². The Morgan fingerprint density at radius 3 is 2.67 bits per heavy atom. The molecule has 0 bridgehead atoms.